The van der Waals surface area contributed by atoms with Crippen LogP contribution in [0.3, 0.4) is 0 Å². The first-order valence-corrected chi connectivity index (χ1v) is 5.91. The van der Waals surface area contributed by atoms with Gasteiger partial charge in [-0.15, -0.1) is 0 Å². The van der Waals surface area contributed by atoms with Gasteiger partial charge in [0.1, 0.15) is 6.17 Å². The monoisotopic (exact) mass is 248 g/mol. The van der Waals surface area contributed by atoms with Crippen molar-refractivity contribution in [2.24, 2.45) is 0 Å². The van der Waals surface area contributed by atoms with E-state index in [9.17, 15) is 13.6 Å². The molecule has 0 aromatic rings. The molecule has 0 saturated carbocycles. The Kier molecular flexibility index (Phi) is 3.81. The minimum absolute atomic E-state index is 0.0278. The molecule has 2 atom stereocenters. The van der Waals surface area contributed by atoms with Gasteiger partial charge in [-0.05, 0) is 34.6 Å². The first-order chi connectivity index (χ1) is 7.50. The second kappa shape index (κ2) is 4.52. The van der Waals surface area contributed by atoms with E-state index < -0.39 is 23.8 Å². The van der Waals surface area contributed by atoms with Crippen molar-refractivity contribution in [2.45, 2.75) is 58.0 Å². The van der Waals surface area contributed by atoms with Crippen LogP contribution in [0.25, 0.3) is 0 Å². The van der Waals surface area contributed by atoms with Gasteiger partial charge in [-0.3, -0.25) is 4.79 Å². The molecule has 0 aliphatic carbocycles. The predicted molar refractivity (Wildman–Crippen MR) is 63.3 cm³/mol. The van der Waals surface area contributed by atoms with E-state index in [0.717, 1.165) is 0 Å². The van der Waals surface area contributed by atoms with Gasteiger partial charge in [-0.1, -0.05) is 0 Å². The molecule has 1 fully saturated rings. The van der Waals surface area contributed by atoms with Gasteiger partial charge in [-0.2, -0.15) is 0 Å². The summed E-state index contributed by atoms with van der Waals surface area (Å²) in [5, 5.41) is 3.11. The molecule has 0 aromatic heterocycles. The van der Waals surface area contributed by atoms with Crippen LogP contribution in [-0.2, 0) is 4.79 Å². The zero-order valence-electron chi connectivity index (χ0n) is 11.2. The zero-order chi connectivity index (χ0) is 13.4. The Labute approximate surface area is 102 Å². The Morgan fingerprint density at radius 3 is 2.18 bits per heavy atom. The number of rotatable bonds is 2. The van der Waals surface area contributed by atoms with Crippen LogP contribution in [0.4, 0.5) is 8.78 Å². The van der Waals surface area contributed by atoms with Crippen LogP contribution in [0.15, 0.2) is 0 Å². The number of hydrogen-bond acceptors (Lipinski definition) is 2. The minimum atomic E-state index is -1.93. The number of amides is 1. The summed E-state index contributed by atoms with van der Waals surface area (Å²) >= 11 is 0. The number of alkyl halides is 2. The first-order valence-electron chi connectivity index (χ1n) is 5.91. The van der Waals surface area contributed by atoms with Gasteiger partial charge >= 0.3 is 0 Å². The van der Waals surface area contributed by atoms with Crippen molar-refractivity contribution in [1.82, 2.24) is 10.2 Å². The first kappa shape index (κ1) is 14.4. The van der Waals surface area contributed by atoms with Crippen LogP contribution in [0.2, 0.25) is 0 Å². The number of nitrogens with zero attached hydrogens (tertiary/aromatic N) is 1. The van der Waals surface area contributed by atoms with Crippen LogP contribution >= 0.6 is 0 Å². The Morgan fingerprint density at radius 1 is 1.24 bits per heavy atom. The van der Waals surface area contributed by atoms with Gasteiger partial charge < -0.3 is 10.2 Å². The average Bonchev–Trinajstić information content (AvgIpc) is 2.42. The molecule has 1 saturated heterocycles. The number of nitrogens with one attached hydrogen (secondary N) is 1. The lowest BCUT2D eigenvalue weighted by molar-refractivity contribution is -0.141. The van der Waals surface area contributed by atoms with Gasteiger partial charge in [0.15, 0.2) is 5.67 Å². The highest BCUT2D eigenvalue weighted by Crippen LogP contribution is 2.21. The fourth-order valence-electron chi connectivity index (χ4n) is 2.00. The number of carbonyl (C=O) groups excluding carboxylic acids is 1. The van der Waals surface area contributed by atoms with E-state index >= 15 is 0 Å². The smallest absolute Gasteiger partial charge is 0.259 e. The van der Waals surface area contributed by atoms with Crippen LogP contribution in [0.5, 0.6) is 0 Å². The molecule has 1 unspecified atom stereocenters. The van der Waals surface area contributed by atoms with Gasteiger partial charge in [0, 0.05) is 12.1 Å². The summed E-state index contributed by atoms with van der Waals surface area (Å²) in [7, 11) is 0. The largest absolute Gasteiger partial charge is 0.335 e. The van der Waals surface area contributed by atoms with E-state index in [1.165, 1.54) is 18.7 Å². The number of hydrogen-bond donors (Lipinski definition) is 1. The third kappa shape index (κ3) is 3.91. The molecular weight excluding hydrogens is 226 g/mol. The van der Waals surface area contributed by atoms with Crippen molar-refractivity contribution < 1.29 is 13.6 Å². The molecule has 5 heteroatoms. The average molecular weight is 248 g/mol. The highest BCUT2D eigenvalue weighted by Gasteiger charge is 2.41. The number of likely N-dealkylation sites (tertiary alicyclic amines) is 1. The molecule has 1 amide bonds. The van der Waals surface area contributed by atoms with Crippen LogP contribution < -0.4 is 5.32 Å². The Balaban J connectivity index is 2.64. The molecule has 1 aliphatic rings. The fourth-order valence-corrected chi connectivity index (χ4v) is 2.00. The fraction of sp³-hybridized carbons (Fsp3) is 0.917. The molecule has 0 spiro atoms. The summed E-state index contributed by atoms with van der Waals surface area (Å²) in [6, 6.07) is -0.415. The maximum Gasteiger partial charge on any atom is 0.259 e. The summed E-state index contributed by atoms with van der Waals surface area (Å²) < 4.78 is 27.2. The Morgan fingerprint density at radius 2 is 1.76 bits per heavy atom. The van der Waals surface area contributed by atoms with Gasteiger partial charge in [0.05, 0.1) is 12.6 Å². The lowest BCUT2D eigenvalue weighted by atomic mass is 10.1. The van der Waals surface area contributed by atoms with E-state index in [4.69, 9.17) is 0 Å². The molecular formula is C12H22F2N2O. The molecule has 1 aliphatic heterocycles. The van der Waals surface area contributed by atoms with Crippen molar-refractivity contribution in [1.29, 1.82) is 0 Å². The topological polar surface area (TPSA) is 32.3 Å². The maximum atomic E-state index is 13.7. The van der Waals surface area contributed by atoms with E-state index in [2.05, 4.69) is 5.32 Å². The van der Waals surface area contributed by atoms with Crippen molar-refractivity contribution >= 4 is 5.91 Å². The SMILES string of the molecule is CC(C)(C)NC1CN(C(=O)C(C)(C)F)C[C@@H]1F. The Hall–Kier alpha value is -0.710. The molecule has 1 N–H and O–H groups in total. The predicted octanol–water partition coefficient (Wildman–Crippen LogP) is 1.67. The molecule has 1 heterocycles. The molecule has 0 radical (unpaired) electrons. The quantitative estimate of drug-likeness (QED) is 0.806. The molecule has 17 heavy (non-hydrogen) atoms. The normalized spacial score (nSPS) is 26.4. The van der Waals surface area contributed by atoms with Crippen LogP contribution in [-0.4, -0.2) is 47.3 Å². The second-order valence-electron chi connectivity index (χ2n) is 6.20. The Bertz CT molecular complexity index is 294. The summed E-state index contributed by atoms with van der Waals surface area (Å²) in [6.07, 6.45) is -1.14. The van der Waals surface area contributed by atoms with Crippen molar-refractivity contribution in [3.8, 4) is 0 Å². The van der Waals surface area contributed by atoms with Crippen molar-refractivity contribution in [2.75, 3.05) is 13.1 Å². The maximum absolute atomic E-state index is 13.7. The lowest BCUT2D eigenvalue weighted by Crippen LogP contribution is -2.49. The molecule has 100 valence electrons. The van der Waals surface area contributed by atoms with E-state index in [1.54, 1.807) is 0 Å². The molecule has 0 bridgehead atoms. The highest BCUT2D eigenvalue weighted by molar-refractivity contribution is 5.84. The molecule has 3 nitrogen and oxygen atoms in total. The van der Waals surface area contributed by atoms with Crippen LogP contribution in [0.1, 0.15) is 34.6 Å². The van der Waals surface area contributed by atoms with Crippen molar-refractivity contribution in [3.05, 3.63) is 0 Å². The van der Waals surface area contributed by atoms with Gasteiger partial charge in [0.2, 0.25) is 0 Å². The second-order valence-corrected chi connectivity index (χ2v) is 6.20. The molecule has 1 rings (SSSR count). The van der Waals surface area contributed by atoms with Crippen molar-refractivity contribution in [3.63, 3.8) is 0 Å². The minimum Gasteiger partial charge on any atom is -0.335 e. The van der Waals surface area contributed by atoms with Gasteiger partial charge in [-0.25, -0.2) is 8.78 Å². The van der Waals surface area contributed by atoms with E-state index in [1.807, 2.05) is 20.8 Å². The van der Waals surface area contributed by atoms with E-state index in [0.29, 0.717) is 0 Å². The number of halogens is 2. The van der Waals surface area contributed by atoms with Gasteiger partial charge in [0.25, 0.3) is 5.91 Å². The lowest BCUT2D eigenvalue weighted by Gasteiger charge is -2.27. The zero-order valence-corrected chi connectivity index (χ0v) is 11.2. The summed E-state index contributed by atoms with van der Waals surface area (Å²) in [6.45, 7) is 8.40. The third-order valence-electron chi connectivity index (χ3n) is 2.66. The summed E-state index contributed by atoms with van der Waals surface area (Å²) in [5.41, 5.74) is -2.16. The highest BCUT2D eigenvalue weighted by atomic mass is 19.1. The number of carbonyl (C=O) groups is 1. The summed E-state index contributed by atoms with van der Waals surface area (Å²) in [4.78, 5) is 12.9. The standard InChI is InChI=1S/C12H22F2N2O/c1-11(2,3)15-9-7-16(6-8(9)13)10(17)12(4,5)14/h8-9,15H,6-7H2,1-5H3/t8-,9?/m0/s1. The molecule has 0 aromatic carbocycles. The summed E-state index contributed by atoms with van der Waals surface area (Å²) in [5.74, 6) is -0.640. The van der Waals surface area contributed by atoms with E-state index in [-0.39, 0.29) is 18.6 Å². The third-order valence-corrected chi connectivity index (χ3v) is 2.66. The van der Waals surface area contributed by atoms with Crippen LogP contribution in [0, 0.1) is 0 Å².